The van der Waals surface area contributed by atoms with Gasteiger partial charge in [-0.15, -0.1) is 0 Å². The van der Waals surface area contributed by atoms with Crippen molar-refractivity contribution in [1.82, 2.24) is 4.90 Å². The smallest absolute Gasteiger partial charge is 0.246 e. The number of rotatable bonds is 8. The highest BCUT2D eigenvalue weighted by molar-refractivity contribution is 6.00. The van der Waals surface area contributed by atoms with Crippen molar-refractivity contribution in [3.05, 3.63) is 60.4 Å². The summed E-state index contributed by atoms with van der Waals surface area (Å²) >= 11 is 0. The van der Waals surface area contributed by atoms with Gasteiger partial charge in [0.15, 0.2) is 0 Å². The Kier molecular flexibility index (Phi) is 6.76. The maximum absolute atomic E-state index is 12.8. The van der Waals surface area contributed by atoms with E-state index in [9.17, 15) is 4.79 Å². The number of amides is 1. The van der Waals surface area contributed by atoms with E-state index in [1.807, 2.05) is 36.1 Å². The lowest BCUT2D eigenvalue weighted by molar-refractivity contribution is -0.126. The second-order valence-corrected chi connectivity index (χ2v) is 7.22. The monoisotopic (exact) mass is 391 g/mol. The molecule has 3 aromatic rings. The maximum atomic E-state index is 12.8. The molecular formula is C25H29NO3. The number of nitrogens with zero attached hydrogens (tertiary/aromatic N) is 1. The van der Waals surface area contributed by atoms with Crippen molar-refractivity contribution < 1.29 is 13.9 Å². The standard InChI is InChI=1S/C25H29NO3/c1-5-12-26(13-6-2)25(27)14-18(3)20-15-21-22(19-10-8-7-9-11-19)17-29-24(21)16-23(20)28-4/h7-11,14-17H,5-6,12-13H2,1-4H3/b18-14+. The molecule has 0 aliphatic carbocycles. The fourth-order valence-corrected chi connectivity index (χ4v) is 3.60. The van der Waals surface area contributed by atoms with Gasteiger partial charge in [-0.3, -0.25) is 4.79 Å². The third kappa shape index (κ3) is 4.53. The highest BCUT2D eigenvalue weighted by atomic mass is 16.5. The molecule has 1 heterocycles. The Labute approximate surface area is 172 Å². The van der Waals surface area contributed by atoms with Gasteiger partial charge in [-0.2, -0.15) is 0 Å². The van der Waals surface area contributed by atoms with Gasteiger partial charge in [0.1, 0.15) is 11.3 Å². The first-order chi connectivity index (χ1) is 14.1. The first-order valence-corrected chi connectivity index (χ1v) is 10.2. The molecule has 1 amide bonds. The minimum absolute atomic E-state index is 0.0452. The molecule has 0 unspecified atom stereocenters. The highest BCUT2D eigenvalue weighted by Crippen LogP contribution is 2.37. The van der Waals surface area contributed by atoms with Crippen LogP contribution in [0.5, 0.6) is 5.75 Å². The van der Waals surface area contributed by atoms with Crippen LogP contribution in [-0.2, 0) is 4.79 Å². The molecule has 0 spiro atoms. The van der Waals surface area contributed by atoms with Gasteiger partial charge in [0.2, 0.25) is 5.91 Å². The van der Waals surface area contributed by atoms with Crippen LogP contribution in [0, 0.1) is 0 Å². The van der Waals surface area contributed by atoms with Gasteiger partial charge in [0.05, 0.1) is 13.4 Å². The fourth-order valence-electron chi connectivity index (χ4n) is 3.60. The van der Waals surface area contributed by atoms with Gasteiger partial charge >= 0.3 is 0 Å². The van der Waals surface area contributed by atoms with Crippen molar-refractivity contribution in [2.24, 2.45) is 0 Å². The van der Waals surface area contributed by atoms with Gasteiger partial charge in [-0.25, -0.2) is 0 Å². The van der Waals surface area contributed by atoms with Crippen LogP contribution in [0.3, 0.4) is 0 Å². The van der Waals surface area contributed by atoms with Crippen LogP contribution >= 0.6 is 0 Å². The molecule has 0 atom stereocenters. The zero-order valence-corrected chi connectivity index (χ0v) is 17.7. The summed E-state index contributed by atoms with van der Waals surface area (Å²) in [4.78, 5) is 14.7. The lowest BCUT2D eigenvalue weighted by atomic mass is 9.99. The molecule has 0 saturated carbocycles. The third-order valence-electron chi connectivity index (χ3n) is 5.04. The lowest BCUT2D eigenvalue weighted by Crippen LogP contribution is -2.31. The summed E-state index contributed by atoms with van der Waals surface area (Å²) < 4.78 is 11.4. The Hall–Kier alpha value is -3.01. The average molecular weight is 392 g/mol. The van der Waals surface area contributed by atoms with Crippen molar-refractivity contribution >= 4 is 22.4 Å². The summed E-state index contributed by atoms with van der Waals surface area (Å²) in [6.07, 6.45) is 5.39. The van der Waals surface area contributed by atoms with Crippen LogP contribution in [0.1, 0.15) is 39.2 Å². The van der Waals surface area contributed by atoms with Crippen molar-refractivity contribution in [2.45, 2.75) is 33.6 Å². The summed E-state index contributed by atoms with van der Waals surface area (Å²) in [6.45, 7) is 7.68. The van der Waals surface area contributed by atoms with Crippen LogP contribution in [0.4, 0.5) is 0 Å². The Morgan fingerprint density at radius 3 is 2.41 bits per heavy atom. The van der Waals surface area contributed by atoms with Gasteiger partial charge < -0.3 is 14.1 Å². The van der Waals surface area contributed by atoms with Crippen LogP contribution in [-0.4, -0.2) is 31.0 Å². The molecule has 0 bridgehead atoms. The Bertz CT molecular complexity index is 996. The second kappa shape index (κ2) is 9.46. The summed E-state index contributed by atoms with van der Waals surface area (Å²) in [5.74, 6) is 0.745. The molecule has 0 aliphatic heterocycles. The maximum Gasteiger partial charge on any atom is 0.246 e. The molecule has 2 aromatic carbocycles. The number of methoxy groups -OCH3 is 1. The zero-order valence-electron chi connectivity index (χ0n) is 17.7. The molecule has 3 rings (SSSR count). The summed E-state index contributed by atoms with van der Waals surface area (Å²) in [6, 6.07) is 14.1. The largest absolute Gasteiger partial charge is 0.496 e. The minimum atomic E-state index is 0.0452. The van der Waals surface area contributed by atoms with Crippen molar-refractivity contribution in [1.29, 1.82) is 0 Å². The number of allylic oxidation sites excluding steroid dienone is 1. The number of benzene rings is 2. The molecule has 1 aromatic heterocycles. The molecule has 0 aliphatic rings. The first-order valence-electron chi connectivity index (χ1n) is 10.2. The average Bonchev–Trinajstić information content (AvgIpc) is 3.16. The fraction of sp³-hybridized carbons (Fsp3) is 0.320. The molecule has 0 N–H and O–H groups in total. The number of furan rings is 1. The molecular weight excluding hydrogens is 362 g/mol. The van der Waals surface area contributed by atoms with E-state index in [4.69, 9.17) is 9.15 Å². The van der Waals surface area contributed by atoms with Crippen molar-refractivity contribution in [2.75, 3.05) is 20.2 Å². The molecule has 0 saturated heterocycles. The number of hydrogen-bond donors (Lipinski definition) is 0. The second-order valence-electron chi connectivity index (χ2n) is 7.22. The summed E-state index contributed by atoms with van der Waals surface area (Å²) in [5.41, 5.74) is 4.67. The third-order valence-corrected chi connectivity index (χ3v) is 5.04. The molecule has 4 nitrogen and oxygen atoms in total. The SMILES string of the molecule is CCCN(CCC)C(=O)/C=C(\C)c1cc2c(-c3ccccc3)coc2cc1OC. The number of ether oxygens (including phenoxy) is 1. The van der Waals surface area contributed by atoms with E-state index in [0.717, 1.165) is 59.2 Å². The van der Waals surface area contributed by atoms with Crippen LogP contribution in [0.15, 0.2) is 59.2 Å². The first kappa shape index (κ1) is 20.7. The Morgan fingerprint density at radius 2 is 1.79 bits per heavy atom. The minimum Gasteiger partial charge on any atom is -0.496 e. The number of carbonyl (C=O) groups is 1. The zero-order chi connectivity index (χ0) is 20.8. The van der Waals surface area contributed by atoms with E-state index in [2.05, 4.69) is 32.0 Å². The number of hydrogen-bond acceptors (Lipinski definition) is 3. The summed E-state index contributed by atoms with van der Waals surface area (Å²) in [5, 5.41) is 1.01. The normalized spacial score (nSPS) is 11.7. The van der Waals surface area contributed by atoms with E-state index in [0.29, 0.717) is 5.75 Å². The van der Waals surface area contributed by atoms with Gasteiger partial charge in [0, 0.05) is 41.7 Å². The van der Waals surface area contributed by atoms with Gasteiger partial charge in [0.25, 0.3) is 0 Å². The molecule has 29 heavy (non-hydrogen) atoms. The van der Waals surface area contributed by atoms with Crippen LogP contribution in [0.25, 0.3) is 27.7 Å². The van der Waals surface area contributed by atoms with E-state index in [1.165, 1.54) is 0 Å². The molecule has 152 valence electrons. The van der Waals surface area contributed by atoms with Gasteiger partial charge in [-0.1, -0.05) is 44.2 Å². The predicted octanol–water partition coefficient (Wildman–Crippen LogP) is 6.16. The van der Waals surface area contributed by atoms with E-state index < -0.39 is 0 Å². The molecule has 0 radical (unpaired) electrons. The number of carbonyl (C=O) groups excluding carboxylic acids is 1. The molecule has 0 fully saturated rings. The van der Waals surface area contributed by atoms with Crippen molar-refractivity contribution in [3.8, 4) is 16.9 Å². The van der Waals surface area contributed by atoms with Crippen LogP contribution < -0.4 is 4.74 Å². The lowest BCUT2D eigenvalue weighted by Gasteiger charge is -2.20. The number of fused-ring (bicyclic) bond motifs is 1. The van der Waals surface area contributed by atoms with E-state index in [1.54, 1.807) is 19.4 Å². The Morgan fingerprint density at radius 1 is 1.10 bits per heavy atom. The highest BCUT2D eigenvalue weighted by Gasteiger charge is 2.16. The predicted molar refractivity (Wildman–Crippen MR) is 119 cm³/mol. The van der Waals surface area contributed by atoms with E-state index in [-0.39, 0.29) is 5.91 Å². The topological polar surface area (TPSA) is 42.7 Å². The van der Waals surface area contributed by atoms with Crippen LogP contribution in [0.2, 0.25) is 0 Å². The van der Waals surface area contributed by atoms with Gasteiger partial charge in [-0.05, 0) is 37.0 Å². The van der Waals surface area contributed by atoms with E-state index >= 15 is 0 Å². The summed E-state index contributed by atoms with van der Waals surface area (Å²) in [7, 11) is 1.64. The quantitative estimate of drug-likeness (QED) is 0.432. The van der Waals surface area contributed by atoms with Crippen molar-refractivity contribution in [3.63, 3.8) is 0 Å². The molecule has 4 heteroatoms. The Balaban J connectivity index is 2.04.